The molecule has 2 aromatic carbocycles. The summed E-state index contributed by atoms with van der Waals surface area (Å²) in [5.41, 5.74) is 1.52. The minimum Gasteiger partial charge on any atom is -0.493 e. The minimum absolute atomic E-state index is 0.212. The molecule has 2 heterocycles. The lowest BCUT2D eigenvalue weighted by atomic mass is 10.2. The highest BCUT2D eigenvalue weighted by Crippen LogP contribution is 2.41. The molecule has 24 heavy (non-hydrogen) atoms. The van der Waals surface area contributed by atoms with E-state index in [-0.39, 0.29) is 6.79 Å². The van der Waals surface area contributed by atoms with Crippen molar-refractivity contribution in [3.8, 4) is 23.0 Å². The van der Waals surface area contributed by atoms with Crippen LogP contribution in [-0.4, -0.2) is 31.0 Å². The summed E-state index contributed by atoms with van der Waals surface area (Å²) in [5, 5.41) is 4.10. The van der Waals surface area contributed by atoms with Crippen LogP contribution >= 0.6 is 0 Å². The number of rotatable bonds is 4. The van der Waals surface area contributed by atoms with Gasteiger partial charge >= 0.3 is 0 Å². The van der Waals surface area contributed by atoms with Gasteiger partial charge in [0.05, 0.1) is 25.4 Å². The minimum atomic E-state index is 0.212. The van der Waals surface area contributed by atoms with Crippen molar-refractivity contribution in [2.75, 3.05) is 26.3 Å². The van der Waals surface area contributed by atoms with Gasteiger partial charge in [-0.2, -0.15) is 0 Å². The molecule has 7 nitrogen and oxygen atoms in total. The van der Waals surface area contributed by atoms with Gasteiger partial charge in [0.2, 0.25) is 6.79 Å². The fourth-order valence-corrected chi connectivity index (χ4v) is 2.64. The predicted octanol–water partition coefficient (Wildman–Crippen LogP) is 3.12. The van der Waals surface area contributed by atoms with Crippen molar-refractivity contribution < 1.29 is 18.9 Å². The number of benzene rings is 2. The number of fused-ring (bicyclic) bond motifs is 2. The van der Waals surface area contributed by atoms with Gasteiger partial charge in [0.1, 0.15) is 12.1 Å². The number of ether oxygens (including phenoxy) is 4. The topological polar surface area (TPSA) is 74.7 Å². The highest BCUT2D eigenvalue weighted by Gasteiger charge is 2.18. The third-order valence-corrected chi connectivity index (χ3v) is 3.79. The Bertz CT molecular complexity index is 914. The second-order valence-corrected chi connectivity index (χ2v) is 5.11. The molecule has 4 rings (SSSR count). The van der Waals surface area contributed by atoms with Crippen molar-refractivity contribution in [2.24, 2.45) is 0 Å². The number of nitrogens with one attached hydrogen (secondary N) is 1. The maximum Gasteiger partial charge on any atom is 0.231 e. The Morgan fingerprint density at radius 1 is 1.04 bits per heavy atom. The van der Waals surface area contributed by atoms with Crippen LogP contribution in [0, 0.1) is 0 Å². The highest BCUT2D eigenvalue weighted by molar-refractivity contribution is 5.93. The molecule has 7 heteroatoms. The largest absolute Gasteiger partial charge is 0.493 e. The number of hydrogen-bond acceptors (Lipinski definition) is 7. The van der Waals surface area contributed by atoms with E-state index in [0.29, 0.717) is 28.8 Å². The van der Waals surface area contributed by atoms with E-state index in [1.165, 1.54) is 6.33 Å². The summed E-state index contributed by atoms with van der Waals surface area (Å²) in [4.78, 5) is 8.64. The fraction of sp³-hybridized carbons (Fsp3) is 0.176. The van der Waals surface area contributed by atoms with Gasteiger partial charge in [0.25, 0.3) is 0 Å². The summed E-state index contributed by atoms with van der Waals surface area (Å²) in [5.74, 6) is 3.25. The van der Waals surface area contributed by atoms with Crippen molar-refractivity contribution >= 4 is 22.4 Å². The van der Waals surface area contributed by atoms with Crippen LogP contribution in [0.2, 0.25) is 0 Å². The molecule has 0 atom stereocenters. The second-order valence-electron chi connectivity index (χ2n) is 5.11. The fourth-order valence-electron chi connectivity index (χ4n) is 2.64. The molecule has 0 saturated carbocycles. The van der Waals surface area contributed by atoms with Crippen molar-refractivity contribution in [2.45, 2.75) is 0 Å². The van der Waals surface area contributed by atoms with Crippen molar-refractivity contribution in [1.82, 2.24) is 9.97 Å². The molecule has 0 saturated heterocycles. The van der Waals surface area contributed by atoms with Crippen molar-refractivity contribution in [3.05, 3.63) is 36.7 Å². The zero-order valence-electron chi connectivity index (χ0n) is 13.2. The first-order valence-corrected chi connectivity index (χ1v) is 7.32. The molecule has 3 aromatic rings. The average Bonchev–Trinajstić information content (AvgIpc) is 3.10. The van der Waals surface area contributed by atoms with Crippen LogP contribution in [0.3, 0.4) is 0 Å². The smallest absolute Gasteiger partial charge is 0.231 e. The number of hydrogen-bond donors (Lipinski definition) is 1. The van der Waals surface area contributed by atoms with Crippen LogP contribution < -0.4 is 24.3 Å². The molecule has 122 valence electrons. The van der Waals surface area contributed by atoms with E-state index in [1.54, 1.807) is 14.2 Å². The van der Waals surface area contributed by atoms with Gasteiger partial charge in [0, 0.05) is 11.5 Å². The Hall–Kier alpha value is -3.22. The van der Waals surface area contributed by atoms with E-state index in [2.05, 4.69) is 15.3 Å². The van der Waals surface area contributed by atoms with Gasteiger partial charge in [-0.1, -0.05) is 6.07 Å². The molecule has 0 fully saturated rings. The molecule has 0 unspecified atom stereocenters. The zero-order chi connectivity index (χ0) is 16.5. The first kappa shape index (κ1) is 14.4. The summed E-state index contributed by atoms with van der Waals surface area (Å²) in [6.07, 6.45) is 1.50. The quantitative estimate of drug-likeness (QED) is 0.790. The first-order chi connectivity index (χ1) is 11.8. The number of methoxy groups -OCH3 is 2. The Labute approximate surface area is 138 Å². The maximum atomic E-state index is 5.52. The van der Waals surface area contributed by atoms with Gasteiger partial charge in [0.15, 0.2) is 23.0 Å². The lowest BCUT2D eigenvalue weighted by molar-refractivity contribution is 0.174. The third kappa shape index (κ3) is 2.30. The summed E-state index contributed by atoms with van der Waals surface area (Å²) >= 11 is 0. The number of para-hydroxylation sites is 1. The van der Waals surface area contributed by atoms with Crippen LogP contribution in [0.25, 0.3) is 10.9 Å². The zero-order valence-corrected chi connectivity index (χ0v) is 13.2. The third-order valence-electron chi connectivity index (χ3n) is 3.79. The molecule has 0 amide bonds. The maximum absolute atomic E-state index is 5.52. The van der Waals surface area contributed by atoms with E-state index in [9.17, 15) is 0 Å². The highest BCUT2D eigenvalue weighted by atomic mass is 16.7. The van der Waals surface area contributed by atoms with Crippen LogP contribution in [0.4, 0.5) is 11.5 Å². The van der Waals surface area contributed by atoms with Gasteiger partial charge in [-0.15, -0.1) is 0 Å². The van der Waals surface area contributed by atoms with Gasteiger partial charge < -0.3 is 24.3 Å². The Morgan fingerprint density at radius 3 is 2.71 bits per heavy atom. The number of aromatic nitrogens is 2. The van der Waals surface area contributed by atoms with Gasteiger partial charge in [-0.05, 0) is 18.2 Å². The molecular weight excluding hydrogens is 310 g/mol. The van der Waals surface area contributed by atoms with Crippen LogP contribution in [-0.2, 0) is 0 Å². The van der Waals surface area contributed by atoms with Crippen LogP contribution in [0.1, 0.15) is 0 Å². The number of nitrogens with zero attached hydrogens (tertiary/aromatic N) is 2. The summed E-state index contributed by atoms with van der Waals surface area (Å²) in [6, 6.07) is 9.32. The molecule has 1 aliphatic rings. The van der Waals surface area contributed by atoms with E-state index in [1.807, 2.05) is 30.3 Å². The van der Waals surface area contributed by atoms with E-state index in [0.717, 1.165) is 16.6 Å². The Morgan fingerprint density at radius 2 is 1.88 bits per heavy atom. The second kappa shape index (κ2) is 5.77. The molecule has 1 aromatic heterocycles. The lowest BCUT2D eigenvalue weighted by Gasteiger charge is -2.13. The van der Waals surface area contributed by atoms with E-state index < -0.39 is 0 Å². The molecule has 0 spiro atoms. The molecule has 0 bridgehead atoms. The average molecular weight is 325 g/mol. The van der Waals surface area contributed by atoms with Gasteiger partial charge in [-0.25, -0.2) is 9.97 Å². The normalized spacial score (nSPS) is 12.2. The number of anilines is 2. The summed E-state index contributed by atoms with van der Waals surface area (Å²) in [7, 11) is 3.19. The monoisotopic (exact) mass is 325 g/mol. The molecular formula is C17H15N3O4. The Kier molecular flexibility index (Phi) is 3.45. The Balaban J connectivity index is 1.81. The first-order valence-electron chi connectivity index (χ1n) is 7.32. The van der Waals surface area contributed by atoms with Crippen LogP contribution in [0.15, 0.2) is 36.7 Å². The molecule has 0 radical (unpaired) electrons. The van der Waals surface area contributed by atoms with Crippen LogP contribution in [0.5, 0.6) is 23.0 Å². The van der Waals surface area contributed by atoms with Crippen molar-refractivity contribution in [3.63, 3.8) is 0 Å². The van der Waals surface area contributed by atoms with Gasteiger partial charge in [-0.3, -0.25) is 0 Å². The predicted molar refractivity (Wildman–Crippen MR) is 88.5 cm³/mol. The standard InChI is InChI=1S/C17H15N3O4/c1-21-14-6-10-12(7-15(14)22-2)18-8-19-17(10)20-11-4-3-5-13-16(11)24-9-23-13/h3-8H,9H2,1-2H3,(H,18,19,20). The van der Waals surface area contributed by atoms with E-state index in [4.69, 9.17) is 18.9 Å². The molecule has 1 N–H and O–H groups in total. The lowest BCUT2D eigenvalue weighted by Crippen LogP contribution is -1.99. The summed E-state index contributed by atoms with van der Waals surface area (Å²) in [6.45, 7) is 0.212. The summed E-state index contributed by atoms with van der Waals surface area (Å²) < 4.78 is 21.6. The molecule has 1 aliphatic heterocycles. The molecule has 0 aliphatic carbocycles. The van der Waals surface area contributed by atoms with Crippen molar-refractivity contribution in [1.29, 1.82) is 0 Å². The SMILES string of the molecule is COc1cc2ncnc(Nc3cccc4c3OCO4)c2cc1OC. The van der Waals surface area contributed by atoms with E-state index >= 15 is 0 Å².